The molecule has 110 valence electrons. The van der Waals surface area contributed by atoms with Gasteiger partial charge in [0, 0.05) is 30.4 Å². The zero-order valence-electron chi connectivity index (χ0n) is 12.7. The van der Waals surface area contributed by atoms with Gasteiger partial charge < -0.3 is 10.2 Å². The molecule has 0 bridgehead atoms. The van der Waals surface area contributed by atoms with Crippen molar-refractivity contribution < 1.29 is 0 Å². The number of aromatic nitrogens is 2. The molecule has 1 unspecified atom stereocenters. The third-order valence-electron chi connectivity index (χ3n) is 4.43. The molecule has 1 aromatic heterocycles. The van der Waals surface area contributed by atoms with E-state index in [-0.39, 0.29) is 0 Å². The van der Waals surface area contributed by atoms with Crippen LogP contribution in [-0.2, 0) is 12.8 Å². The van der Waals surface area contributed by atoms with Gasteiger partial charge in [0.1, 0.15) is 12.1 Å². The van der Waals surface area contributed by atoms with E-state index < -0.39 is 0 Å². The molecule has 1 atom stereocenters. The Morgan fingerprint density at radius 2 is 2.20 bits per heavy atom. The lowest BCUT2D eigenvalue weighted by Crippen LogP contribution is -2.40. The quantitative estimate of drug-likeness (QED) is 0.893. The highest BCUT2D eigenvalue weighted by molar-refractivity contribution is 5.52. The zero-order valence-corrected chi connectivity index (χ0v) is 12.7. The Morgan fingerprint density at radius 1 is 1.30 bits per heavy atom. The number of fused-ring (bicyclic) bond motifs is 1. The third-order valence-corrected chi connectivity index (χ3v) is 4.43. The van der Waals surface area contributed by atoms with Crippen LogP contribution in [-0.4, -0.2) is 35.6 Å². The number of hydrogen-bond donors (Lipinski definition) is 1. The summed E-state index contributed by atoms with van der Waals surface area (Å²) in [4.78, 5) is 11.6. The molecule has 1 saturated heterocycles. The second-order valence-corrected chi connectivity index (χ2v) is 6.52. The largest absolute Gasteiger partial charge is 0.352 e. The second kappa shape index (κ2) is 6.08. The Kier molecular flexibility index (Phi) is 4.20. The van der Waals surface area contributed by atoms with Gasteiger partial charge in [-0.3, -0.25) is 0 Å². The SMILES string of the molecule is CC(C)CNCC1CCCN1c1ncnc2c1CCC2. The van der Waals surface area contributed by atoms with E-state index >= 15 is 0 Å². The maximum Gasteiger partial charge on any atom is 0.135 e. The van der Waals surface area contributed by atoms with Crippen LogP contribution in [0.15, 0.2) is 6.33 Å². The molecule has 20 heavy (non-hydrogen) atoms. The molecule has 1 fully saturated rings. The Morgan fingerprint density at radius 3 is 3.05 bits per heavy atom. The fourth-order valence-corrected chi connectivity index (χ4v) is 3.46. The van der Waals surface area contributed by atoms with Gasteiger partial charge in [0.2, 0.25) is 0 Å². The van der Waals surface area contributed by atoms with Gasteiger partial charge in [0.25, 0.3) is 0 Å². The first-order chi connectivity index (χ1) is 9.75. The van der Waals surface area contributed by atoms with E-state index in [4.69, 9.17) is 0 Å². The highest BCUT2D eigenvalue weighted by atomic mass is 15.2. The molecular weight excluding hydrogens is 248 g/mol. The summed E-state index contributed by atoms with van der Waals surface area (Å²) in [6.45, 7) is 7.86. The first-order valence-corrected chi connectivity index (χ1v) is 8.06. The molecule has 0 amide bonds. The van der Waals surface area contributed by atoms with Crippen LogP contribution in [0.25, 0.3) is 0 Å². The van der Waals surface area contributed by atoms with Crippen molar-refractivity contribution in [3.05, 3.63) is 17.6 Å². The van der Waals surface area contributed by atoms with E-state index in [2.05, 4.69) is 34.0 Å². The van der Waals surface area contributed by atoms with Crippen LogP contribution in [0.5, 0.6) is 0 Å². The number of nitrogens with zero attached hydrogens (tertiary/aromatic N) is 3. The van der Waals surface area contributed by atoms with Gasteiger partial charge in [0.05, 0.1) is 0 Å². The van der Waals surface area contributed by atoms with Crippen LogP contribution in [0.1, 0.15) is 44.4 Å². The van der Waals surface area contributed by atoms with Crippen LogP contribution >= 0.6 is 0 Å². The Bertz CT molecular complexity index is 458. The average molecular weight is 274 g/mol. The van der Waals surface area contributed by atoms with E-state index in [0.29, 0.717) is 12.0 Å². The summed E-state index contributed by atoms with van der Waals surface area (Å²) in [5.74, 6) is 1.94. The summed E-state index contributed by atoms with van der Waals surface area (Å²) >= 11 is 0. The maximum atomic E-state index is 4.61. The molecule has 0 spiro atoms. The molecular formula is C16H26N4. The number of aryl methyl sites for hydroxylation is 1. The minimum Gasteiger partial charge on any atom is -0.352 e. The van der Waals surface area contributed by atoms with Crippen LogP contribution in [0, 0.1) is 5.92 Å². The smallest absolute Gasteiger partial charge is 0.135 e. The predicted molar refractivity (Wildman–Crippen MR) is 82.1 cm³/mol. The maximum absolute atomic E-state index is 4.61. The molecule has 3 rings (SSSR count). The average Bonchev–Trinajstić information content (AvgIpc) is 3.05. The molecule has 4 nitrogen and oxygen atoms in total. The van der Waals surface area contributed by atoms with E-state index in [1.807, 2.05) is 0 Å². The summed E-state index contributed by atoms with van der Waals surface area (Å²) in [7, 11) is 0. The van der Waals surface area contributed by atoms with Crippen molar-refractivity contribution in [2.45, 2.75) is 52.0 Å². The van der Waals surface area contributed by atoms with E-state index in [9.17, 15) is 0 Å². The van der Waals surface area contributed by atoms with Crippen molar-refractivity contribution >= 4 is 5.82 Å². The van der Waals surface area contributed by atoms with Crippen molar-refractivity contribution in [3.63, 3.8) is 0 Å². The molecule has 0 aromatic carbocycles. The Balaban J connectivity index is 1.71. The molecule has 2 heterocycles. The third kappa shape index (κ3) is 2.80. The first kappa shape index (κ1) is 13.8. The monoisotopic (exact) mass is 274 g/mol. The summed E-state index contributed by atoms with van der Waals surface area (Å²) in [6, 6.07) is 0.605. The molecule has 2 aliphatic rings. The van der Waals surface area contributed by atoms with Crippen LogP contribution in [0.2, 0.25) is 0 Å². The molecule has 1 aliphatic heterocycles. The van der Waals surface area contributed by atoms with E-state index in [0.717, 1.165) is 32.5 Å². The number of rotatable bonds is 5. The van der Waals surface area contributed by atoms with Crippen LogP contribution in [0.4, 0.5) is 5.82 Å². The van der Waals surface area contributed by atoms with E-state index in [1.54, 1.807) is 6.33 Å². The molecule has 4 heteroatoms. The summed E-state index contributed by atoms with van der Waals surface area (Å²) in [5.41, 5.74) is 2.71. The lowest BCUT2D eigenvalue weighted by Gasteiger charge is -2.28. The molecule has 0 saturated carbocycles. The van der Waals surface area contributed by atoms with Gasteiger partial charge in [-0.15, -0.1) is 0 Å². The lowest BCUT2D eigenvalue weighted by atomic mass is 10.1. The minimum absolute atomic E-state index is 0.605. The van der Waals surface area contributed by atoms with Crippen molar-refractivity contribution in [1.29, 1.82) is 0 Å². The van der Waals surface area contributed by atoms with Crippen LogP contribution in [0.3, 0.4) is 0 Å². The van der Waals surface area contributed by atoms with Gasteiger partial charge >= 0.3 is 0 Å². The normalized spacial score (nSPS) is 21.8. The summed E-state index contributed by atoms with van der Waals surface area (Å²) in [6.07, 6.45) is 7.86. The summed E-state index contributed by atoms with van der Waals surface area (Å²) < 4.78 is 0. The van der Waals surface area contributed by atoms with Crippen LogP contribution < -0.4 is 10.2 Å². The van der Waals surface area contributed by atoms with Gasteiger partial charge in [-0.2, -0.15) is 0 Å². The standard InChI is InChI=1S/C16H26N4/c1-12(2)9-17-10-13-5-4-8-20(13)16-14-6-3-7-15(14)18-11-19-16/h11-13,17H,3-10H2,1-2H3. The van der Waals surface area contributed by atoms with E-state index in [1.165, 1.54) is 36.3 Å². The zero-order chi connectivity index (χ0) is 13.9. The number of hydrogen-bond acceptors (Lipinski definition) is 4. The lowest BCUT2D eigenvalue weighted by molar-refractivity contribution is 0.510. The molecule has 0 radical (unpaired) electrons. The van der Waals surface area contributed by atoms with Gasteiger partial charge in [-0.1, -0.05) is 13.8 Å². The van der Waals surface area contributed by atoms with Gasteiger partial charge in [-0.25, -0.2) is 9.97 Å². The fourth-order valence-electron chi connectivity index (χ4n) is 3.46. The highest BCUT2D eigenvalue weighted by Gasteiger charge is 2.29. The first-order valence-electron chi connectivity index (χ1n) is 8.06. The van der Waals surface area contributed by atoms with Crippen molar-refractivity contribution in [3.8, 4) is 0 Å². The second-order valence-electron chi connectivity index (χ2n) is 6.52. The van der Waals surface area contributed by atoms with Crippen molar-refractivity contribution in [2.75, 3.05) is 24.5 Å². The predicted octanol–water partition coefficient (Wildman–Crippen LogP) is 2.18. The van der Waals surface area contributed by atoms with Gasteiger partial charge in [-0.05, 0) is 44.6 Å². The topological polar surface area (TPSA) is 41.0 Å². The number of anilines is 1. The minimum atomic E-state index is 0.605. The molecule has 1 aliphatic carbocycles. The Hall–Kier alpha value is -1.16. The number of nitrogens with one attached hydrogen (secondary N) is 1. The highest BCUT2D eigenvalue weighted by Crippen LogP contribution is 2.32. The molecule has 1 aromatic rings. The van der Waals surface area contributed by atoms with Gasteiger partial charge in [0.15, 0.2) is 0 Å². The fraction of sp³-hybridized carbons (Fsp3) is 0.750. The van der Waals surface area contributed by atoms with Crippen molar-refractivity contribution in [2.24, 2.45) is 5.92 Å². The van der Waals surface area contributed by atoms with Crippen molar-refractivity contribution in [1.82, 2.24) is 15.3 Å². The molecule has 1 N–H and O–H groups in total. The Labute approximate surface area is 122 Å². The summed E-state index contributed by atoms with van der Waals surface area (Å²) in [5, 5.41) is 3.61.